The van der Waals surface area contributed by atoms with Gasteiger partial charge in [-0.25, -0.2) is 0 Å². The highest BCUT2D eigenvalue weighted by atomic mass is 16.5. The summed E-state index contributed by atoms with van der Waals surface area (Å²) in [6.07, 6.45) is 4.99. The average Bonchev–Trinajstić information content (AvgIpc) is 3.17. The van der Waals surface area contributed by atoms with Crippen LogP contribution in [0.15, 0.2) is 0 Å². The van der Waals surface area contributed by atoms with Gasteiger partial charge in [0, 0.05) is 25.2 Å². The minimum atomic E-state index is -1.43. The Morgan fingerprint density at radius 2 is 1.70 bits per heavy atom. The lowest BCUT2D eigenvalue weighted by molar-refractivity contribution is -0.217. The highest BCUT2D eigenvalue weighted by molar-refractivity contribution is 5.89. The second-order valence-electron chi connectivity index (χ2n) is 14.1. The van der Waals surface area contributed by atoms with Crippen molar-refractivity contribution in [2.75, 3.05) is 0 Å². The zero-order valence-electron chi connectivity index (χ0n) is 24.2. The monoisotopic (exact) mass is 520 g/mol. The number of carbonyl (C=O) groups is 2. The fourth-order valence-corrected chi connectivity index (χ4v) is 10.2. The number of rotatable bonds is 7. The smallest absolute Gasteiger partial charge is 0.302 e. The Balaban J connectivity index is 1.55. The molecule has 0 spiro atoms. The quantitative estimate of drug-likeness (QED) is 0.412. The number of aliphatic hydroxyl groups excluding tert-OH is 2. The van der Waals surface area contributed by atoms with Crippen LogP contribution < -0.4 is 0 Å². The van der Waals surface area contributed by atoms with Crippen molar-refractivity contribution in [2.24, 2.45) is 52.3 Å². The van der Waals surface area contributed by atoms with Crippen molar-refractivity contribution in [3.63, 3.8) is 0 Å². The molecule has 4 aliphatic rings. The van der Waals surface area contributed by atoms with Crippen LogP contribution in [0.3, 0.4) is 0 Å². The average molecular weight is 521 g/mol. The summed E-state index contributed by atoms with van der Waals surface area (Å²) in [5, 5.41) is 34.3. The molecule has 6 heteroatoms. The molecule has 0 amide bonds. The van der Waals surface area contributed by atoms with Crippen LogP contribution in [-0.2, 0) is 14.3 Å². The number of ketones is 1. The number of hydrogen-bond acceptors (Lipinski definition) is 6. The second kappa shape index (κ2) is 10.2. The number of aliphatic hydroxyl groups is 3. The third-order valence-corrected chi connectivity index (χ3v) is 12.3. The molecule has 212 valence electrons. The van der Waals surface area contributed by atoms with E-state index in [1.165, 1.54) is 6.92 Å². The van der Waals surface area contributed by atoms with Crippen molar-refractivity contribution in [1.82, 2.24) is 0 Å². The number of carbonyl (C=O) groups excluding carboxylic acids is 2. The van der Waals surface area contributed by atoms with Gasteiger partial charge in [-0.1, -0.05) is 48.0 Å². The van der Waals surface area contributed by atoms with Gasteiger partial charge in [-0.15, -0.1) is 0 Å². The van der Waals surface area contributed by atoms with Crippen molar-refractivity contribution in [2.45, 2.75) is 130 Å². The van der Waals surface area contributed by atoms with Gasteiger partial charge in [0.05, 0.1) is 12.2 Å². The molecule has 0 unspecified atom stereocenters. The molecule has 6 nitrogen and oxygen atoms in total. The first-order chi connectivity index (χ1) is 17.2. The van der Waals surface area contributed by atoms with E-state index in [0.29, 0.717) is 37.0 Å². The summed E-state index contributed by atoms with van der Waals surface area (Å²) in [5.41, 5.74) is -1.92. The third kappa shape index (κ3) is 4.51. The molecule has 0 radical (unpaired) electrons. The Labute approximate surface area is 223 Å². The molecule has 0 aromatic rings. The summed E-state index contributed by atoms with van der Waals surface area (Å²) < 4.78 is 5.45. The molecule has 0 bridgehead atoms. The van der Waals surface area contributed by atoms with Gasteiger partial charge in [0.1, 0.15) is 11.7 Å². The zero-order chi connectivity index (χ0) is 27.5. The first-order valence-electron chi connectivity index (χ1n) is 15.0. The van der Waals surface area contributed by atoms with Gasteiger partial charge in [-0.2, -0.15) is 0 Å². The third-order valence-electron chi connectivity index (χ3n) is 12.3. The molecular formula is C31H52O6. The van der Waals surface area contributed by atoms with Crippen molar-refractivity contribution in [3.05, 3.63) is 0 Å². The van der Waals surface area contributed by atoms with Crippen LogP contribution >= 0.6 is 0 Å². The van der Waals surface area contributed by atoms with Crippen LogP contribution in [0.1, 0.15) is 106 Å². The van der Waals surface area contributed by atoms with Crippen LogP contribution in [0, 0.1) is 52.3 Å². The highest BCUT2D eigenvalue weighted by Gasteiger charge is 2.68. The standard InChI is InChI=1S/C31H52O6/c1-8-21(17(2)3)28(35)27(34)18(4)23-9-10-24-22-15-26(33)31(36)16-20(37-19(5)32)11-14-30(31,7)25(22)12-13-29(23,24)6/h17-18,20-25,27-28,34-36H,8-16H2,1-7H3/t18-,20-,21-,22-,23+,24-,25-,27-,28-,29+,30+,31-/m0/s1. The predicted octanol–water partition coefficient (Wildman–Crippen LogP) is 4.91. The summed E-state index contributed by atoms with van der Waals surface area (Å²) in [5.74, 6) is 1.13. The summed E-state index contributed by atoms with van der Waals surface area (Å²) in [6, 6.07) is 0. The molecule has 4 saturated carbocycles. The van der Waals surface area contributed by atoms with E-state index in [2.05, 4.69) is 41.5 Å². The summed E-state index contributed by atoms with van der Waals surface area (Å²) in [4.78, 5) is 25.2. The Bertz CT molecular complexity index is 872. The Kier molecular flexibility index (Phi) is 8.00. The Morgan fingerprint density at radius 1 is 1.03 bits per heavy atom. The number of esters is 1. The maximum atomic E-state index is 13.7. The largest absolute Gasteiger partial charge is 0.462 e. The van der Waals surface area contributed by atoms with Gasteiger partial charge in [0.25, 0.3) is 0 Å². The van der Waals surface area contributed by atoms with Crippen LogP contribution in [0.4, 0.5) is 0 Å². The summed E-state index contributed by atoms with van der Waals surface area (Å²) >= 11 is 0. The number of Topliss-reactive ketones (excluding diaryl/α,β-unsaturated/α-hetero) is 1. The van der Waals surface area contributed by atoms with Gasteiger partial charge in [0.15, 0.2) is 5.78 Å². The molecule has 4 aliphatic carbocycles. The van der Waals surface area contributed by atoms with Crippen molar-refractivity contribution in [3.8, 4) is 0 Å². The lowest BCUT2D eigenvalue weighted by atomic mass is 9.42. The molecule has 0 saturated heterocycles. The fraction of sp³-hybridized carbons (Fsp3) is 0.935. The van der Waals surface area contributed by atoms with E-state index in [1.807, 2.05) is 0 Å². The van der Waals surface area contributed by atoms with E-state index in [4.69, 9.17) is 4.74 Å². The predicted molar refractivity (Wildman–Crippen MR) is 142 cm³/mol. The molecular weight excluding hydrogens is 468 g/mol. The van der Waals surface area contributed by atoms with E-state index in [1.54, 1.807) is 0 Å². The van der Waals surface area contributed by atoms with Crippen LogP contribution in [0.25, 0.3) is 0 Å². The van der Waals surface area contributed by atoms with E-state index in [9.17, 15) is 24.9 Å². The molecule has 0 aromatic carbocycles. The Hall–Kier alpha value is -0.980. The molecule has 4 fully saturated rings. The van der Waals surface area contributed by atoms with Crippen LogP contribution in [0.2, 0.25) is 0 Å². The number of fused-ring (bicyclic) bond motifs is 5. The van der Waals surface area contributed by atoms with Gasteiger partial charge >= 0.3 is 5.97 Å². The summed E-state index contributed by atoms with van der Waals surface area (Å²) in [7, 11) is 0. The number of hydrogen-bond donors (Lipinski definition) is 3. The molecule has 0 aromatic heterocycles. The molecule has 37 heavy (non-hydrogen) atoms. The minimum Gasteiger partial charge on any atom is -0.462 e. The van der Waals surface area contributed by atoms with Crippen molar-refractivity contribution < 1.29 is 29.6 Å². The topological polar surface area (TPSA) is 104 Å². The van der Waals surface area contributed by atoms with Gasteiger partial charge in [-0.05, 0) is 85.4 Å². The van der Waals surface area contributed by atoms with E-state index < -0.39 is 29.3 Å². The maximum absolute atomic E-state index is 13.7. The van der Waals surface area contributed by atoms with Gasteiger partial charge < -0.3 is 20.1 Å². The first-order valence-corrected chi connectivity index (χ1v) is 15.0. The van der Waals surface area contributed by atoms with Crippen molar-refractivity contribution in [1.29, 1.82) is 0 Å². The lowest BCUT2D eigenvalue weighted by Gasteiger charge is -2.63. The Morgan fingerprint density at radius 3 is 2.30 bits per heavy atom. The lowest BCUT2D eigenvalue weighted by Crippen LogP contribution is -2.67. The van der Waals surface area contributed by atoms with E-state index in [0.717, 1.165) is 32.1 Å². The van der Waals surface area contributed by atoms with E-state index in [-0.39, 0.29) is 47.3 Å². The molecule has 3 N–H and O–H groups in total. The highest BCUT2D eigenvalue weighted by Crippen LogP contribution is 2.68. The minimum absolute atomic E-state index is 0.0136. The first kappa shape index (κ1) is 29.0. The zero-order valence-corrected chi connectivity index (χ0v) is 24.2. The SMILES string of the molecule is CC[C@@H](C(C)C)[C@H](O)[C@@H](O)[C@@H](C)[C@H]1CC[C@H]2[C@@H]3CC(=O)[C@@]4(O)C[C@@H](OC(C)=O)CC[C@]4(C)[C@H]3CC[C@]12C. The molecule has 0 aliphatic heterocycles. The molecule has 12 atom stereocenters. The van der Waals surface area contributed by atoms with E-state index >= 15 is 0 Å². The molecule has 0 heterocycles. The van der Waals surface area contributed by atoms with Gasteiger partial charge in [-0.3, -0.25) is 9.59 Å². The van der Waals surface area contributed by atoms with Crippen molar-refractivity contribution >= 4 is 11.8 Å². The van der Waals surface area contributed by atoms with Gasteiger partial charge in [0.2, 0.25) is 0 Å². The van der Waals surface area contributed by atoms with Crippen LogP contribution in [-0.4, -0.2) is 51.0 Å². The normalized spacial score (nSPS) is 44.8. The summed E-state index contributed by atoms with van der Waals surface area (Å²) in [6.45, 7) is 14.3. The maximum Gasteiger partial charge on any atom is 0.302 e. The van der Waals surface area contributed by atoms with Crippen LogP contribution in [0.5, 0.6) is 0 Å². The number of ether oxygens (including phenoxy) is 1. The molecule has 4 rings (SSSR count). The fourth-order valence-electron chi connectivity index (χ4n) is 10.2. The second-order valence-corrected chi connectivity index (χ2v) is 14.1.